The molecule has 0 radical (unpaired) electrons. The first-order valence-electron chi connectivity index (χ1n) is 4.76. The Morgan fingerprint density at radius 2 is 2.07 bits per heavy atom. The molecular weight excluding hydrogens is 317 g/mol. The average Bonchev–Trinajstić information content (AvgIpc) is 2.75. The maximum Gasteiger partial charge on any atom is 0.0592 e. The van der Waals surface area contributed by atoms with Gasteiger partial charge in [-0.15, -0.1) is 0 Å². The smallest absolute Gasteiger partial charge is 0.0592 e. The van der Waals surface area contributed by atoms with Crippen LogP contribution in [0.2, 0.25) is 0 Å². The highest BCUT2D eigenvalue weighted by molar-refractivity contribution is 14.1. The lowest BCUT2D eigenvalue weighted by Crippen LogP contribution is -2.17. The Morgan fingerprint density at radius 1 is 1.27 bits per heavy atom. The topological polar surface area (TPSA) is 12.0 Å². The van der Waals surface area contributed by atoms with Crippen LogP contribution in [0, 0.1) is 3.57 Å². The molecule has 1 unspecified atom stereocenters. The van der Waals surface area contributed by atoms with Gasteiger partial charge in [0.2, 0.25) is 0 Å². The van der Waals surface area contributed by atoms with E-state index >= 15 is 0 Å². The van der Waals surface area contributed by atoms with E-state index < -0.39 is 0 Å². The van der Waals surface area contributed by atoms with E-state index in [0.29, 0.717) is 6.04 Å². The molecule has 0 amide bonds. The Hall–Kier alpha value is -0.390. The van der Waals surface area contributed by atoms with Gasteiger partial charge in [-0.05, 0) is 63.7 Å². The minimum Gasteiger partial charge on any atom is -0.309 e. The van der Waals surface area contributed by atoms with E-state index in [1.165, 1.54) is 14.7 Å². The molecule has 2 rings (SSSR count). The van der Waals surface area contributed by atoms with Crippen molar-refractivity contribution in [2.45, 2.75) is 6.04 Å². The molecule has 1 atom stereocenters. The third-order valence-electron chi connectivity index (χ3n) is 2.38. The van der Waals surface area contributed by atoms with E-state index in [4.69, 9.17) is 0 Å². The van der Waals surface area contributed by atoms with E-state index in [-0.39, 0.29) is 0 Å². The Bertz CT molecular complexity index is 425. The molecule has 1 aromatic carbocycles. The summed E-state index contributed by atoms with van der Waals surface area (Å²) in [7, 11) is 2.01. The highest BCUT2D eigenvalue weighted by Crippen LogP contribution is 2.27. The van der Waals surface area contributed by atoms with Crippen molar-refractivity contribution in [1.29, 1.82) is 0 Å². The van der Waals surface area contributed by atoms with Gasteiger partial charge in [0.05, 0.1) is 6.04 Å². The summed E-state index contributed by atoms with van der Waals surface area (Å²) < 4.78 is 1.31. The van der Waals surface area contributed by atoms with Crippen molar-refractivity contribution in [3.8, 4) is 0 Å². The van der Waals surface area contributed by atoms with Crippen LogP contribution in [0.3, 0.4) is 0 Å². The number of thiophene rings is 1. The maximum atomic E-state index is 3.36. The van der Waals surface area contributed by atoms with Crippen molar-refractivity contribution in [3.05, 3.63) is 55.8 Å². The molecular formula is C12H12INS. The monoisotopic (exact) mass is 329 g/mol. The Morgan fingerprint density at radius 3 is 2.67 bits per heavy atom. The average molecular weight is 329 g/mol. The van der Waals surface area contributed by atoms with Crippen LogP contribution in [-0.4, -0.2) is 7.05 Å². The summed E-state index contributed by atoms with van der Waals surface area (Å²) in [6.45, 7) is 0. The third kappa shape index (κ3) is 2.41. The van der Waals surface area contributed by atoms with Crippen molar-refractivity contribution in [1.82, 2.24) is 5.32 Å². The summed E-state index contributed by atoms with van der Waals surface area (Å²) in [6, 6.07) is 11.0. The van der Waals surface area contributed by atoms with Gasteiger partial charge in [0.1, 0.15) is 0 Å². The highest BCUT2D eigenvalue weighted by Gasteiger charge is 2.14. The minimum atomic E-state index is 0.310. The third-order valence-corrected chi connectivity index (χ3v) is 4.07. The normalized spacial score (nSPS) is 12.7. The second-order valence-electron chi connectivity index (χ2n) is 3.30. The van der Waals surface area contributed by atoms with E-state index in [1.807, 2.05) is 7.05 Å². The number of rotatable bonds is 3. The van der Waals surface area contributed by atoms with Crippen molar-refractivity contribution in [3.63, 3.8) is 0 Å². The molecule has 0 aliphatic rings. The summed E-state index contributed by atoms with van der Waals surface area (Å²) in [4.78, 5) is 0. The number of halogens is 1. The van der Waals surface area contributed by atoms with Crippen LogP contribution in [-0.2, 0) is 0 Å². The Labute approximate surface area is 108 Å². The minimum absolute atomic E-state index is 0.310. The van der Waals surface area contributed by atoms with Crippen molar-refractivity contribution < 1.29 is 0 Å². The second kappa shape index (κ2) is 5.09. The molecule has 0 aliphatic carbocycles. The van der Waals surface area contributed by atoms with Crippen LogP contribution >= 0.6 is 33.9 Å². The fourth-order valence-electron chi connectivity index (χ4n) is 1.65. The molecule has 1 N–H and O–H groups in total. The van der Waals surface area contributed by atoms with Gasteiger partial charge in [-0.1, -0.05) is 18.2 Å². The first-order valence-corrected chi connectivity index (χ1v) is 6.79. The van der Waals surface area contributed by atoms with Crippen molar-refractivity contribution >= 4 is 33.9 Å². The molecule has 0 saturated carbocycles. The zero-order chi connectivity index (χ0) is 10.7. The SMILES string of the molecule is CNC(c1ccsc1)c1ccccc1I. The summed E-state index contributed by atoms with van der Waals surface area (Å²) >= 11 is 4.13. The standard InChI is InChI=1S/C12H12INS/c1-14-12(9-6-7-15-8-9)10-4-2-3-5-11(10)13/h2-8,12,14H,1H3. The van der Waals surface area contributed by atoms with Crippen molar-refractivity contribution in [2.75, 3.05) is 7.05 Å². The van der Waals surface area contributed by atoms with Gasteiger partial charge < -0.3 is 5.32 Å². The van der Waals surface area contributed by atoms with Gasteiger partial charge in [0.25, 0.3) is 0 Å². The lowest BCUT2D eigenvalue weighted by atomic mass is 10.0. The molecule has 0 bridgehead atoms. The predicted molar refractivity (Wildman–Crippen MR) is 74.4 cm³/mol. The zero-order valence-corrected chi connectivity index (χ0v) is 11.4. The number of nitrogens with one attached hydrogen (secondary N) is 1. The zero-order valence-electron chi connectivity index (χ0n) is 8.41. The van der Waals surface area contributed by atoms with E-state index in [2.05, 4.69) is 69.0 Å². The fraction of sp³-hybridized carbons (Fsp3) is 0.167. The second-order valence-corrected chi connectivity index (χ2v) is 5.24. The van der Waals surface area contributed by atoms with Crippen LogP contribution in [0.1, 0.15) is 17.2 Å². The molecule has 0 fully saturated rings. The molecule has 0 aliphatic heterocycles. The molecule has 0 saturated heterocycles. The number of benzene rings is 1. The van der Waals surface area contributed by atoms with Gasteiger partial charge in [-0.2, -0.15) is 11.3 Å². The van der Waals surface area contributed by atoms with Gasteiger partial charge in [0, 0.05) is 3.57 Å². The van der Waals surface area contributed by atoms with Gasteiger partial charge in [-0.3, -0.25) is 0 Å². The Balaban J connectivity index is 2.40. The highest BCUT2D eigenvalue weighted by atomic mass is 127. The number of hydrogen-bond acceptors (Lipinski definition) is 2. The molecule has 1 aromatic heterocycles. The summed E-state index contributed by atoms with van der Waals surface area (Å²) in [5.41, 5.74) is 2.69. The fourth-order valence-corrected chi connectivity index (χ4v) is 3.04. The van der Waals surface area contributed by atoms with E-state index in [0.717, 1.165) is 0 Å². The largest absolute Gasteiger partial charge is 0.309 e. The Kier molecular flexibility index (Phi) is 3.77. The summed E-state index contributed by atoms with van der Waals surface area (Å²) in [5, 5.41) is 7.68. The maximum absolute atomic E-state index is 3.36. The molecule has 2 aromatic rings. The van der Waals surface area contributed by atoms with Crippen LogP contribution in [0.4, 0.5) is 0 Å². The van der Waals surface area contributed by atoms with Crippen molar-refractivity contribution in [2.24, 2.45) is 0 Å². The van der Waals surface area contributed by atoms with E-state index in [9.17, 15) is 0 Å². The molecule has 1 nitrogen and oxygen atoms in total. The van der Waals surface area contributed by atoms with Gasteiger partial charge in [-0.25, -0.2) is 0 Å². The van der Waals surface area contributed by atoms with Crippen LogP contribution in [0.5, 0.6) is 0 Å². The molecule has 78 valence electrons. The quantitative estimate of drug-likeness (QED) is 0.848. The van der Waals surface area contributed by atoms with Gasteiger partial charge >= 0.3 is 0 Å². The van der Waals surface area contributed by atoms with Crippen LogP contribution in [0.25, 0.3) is 0 Å². The number of hydrogen-bond donors (Lipinski definition) is 1. The lowest BCUT2D eigenvalue weighted by molar-refractivity contribution is 0.691. The lowest BCUT2D eigenvalue weighted by Gasteiger charge is -2.16. The van der Waals surface area contributed by atoms with Crippen LogP contribution in [0.15, 0.2) is 41.1 Å². The molecule has 3 heteroatoms. The predicted octanol–water partition coefficient (Wildman–Crippen LogP) is 3.66. The summed E-state index contributed by atoms with van der Waals surface area (Å²) in [6.07, 6.45) is 0. The molecule has 15 heavy (non-hydrogen) atoms. The summed E-state index contributed by atoms with van der Waals surface area (Å²) in [5.74, 6) is 0. The first-order chi connectivity index (χ1) is 7.33. The van der Waals surface area contributed by atoms with Gasteiger partial charge in [0.15, 0.2) is 0 Å². The molecule has 0 spiro atoms. The van der Waals surface area contributed by atoms with Crippen LogP contribution < -0.4 is 5.32 Å². The molecule has 1 heterocycles. The first kappa shape index (κ1) is 11.1. The van der Waals surface area contributed by atoms with E-state index in [1.54, 1.807) is 11.3 Å².